The van der Waals surface area contributed by atoms with Crippen LogP contribution in [0.2, 0.25) is 0 Å². The van der Waals surface area contributed by atoms with Gasteiger partial charge in [0.1, 0.15) is 0 Å². The fourth-order valence-electron chi connectivity index (χ4n) is 2.74. The normalized spacial score (nSPS) is 37.2. The van der Waals surface area contributed by atoms with Crippen LogP contribution < -0.4 is 5.32 Å². The van der Waals surface area contributed by atoms with Gasteiger partial charge in [0.2, 0.25) is 0 Å². The fourth-order valence-corrected chi connectivity index (χ4v) is 2.74. The maximum Gasteiger partial charge on any atom is 0.0774 e. The van der Waals surface area contributed by atoms with Crippen LogP contribution in [-0.2, 0) is 0 Å². The van der Waals surface area contributed by atoms with Crippen LogP contribution >= 0.6 is 0 Å². The first kappa shape index (κ1) is 11.4. The lowest BCUT2D eigenvalue weighted by atomic mass is 9.73. The Bertz CT molecular complexity index is 213. The molecular weight excluding hydrogens is 186 g/mol. The molecule has 2 saturated carbocycles. The van der Waals surface area contributed by atoms with Crippen LogP contribution in [-0.4, -0.2) is 23.3 Å². The zero-order valence-electron chi connectivity index (χ0n) is 10.1. The van der Waals surface area contributed by atoms with Crippen molar-refractivity contribution in [3.63, 3.8) is 0 Å². The van der Waals surface area contributed by atoms with Crippen LogP contribution in [0.1, 0.15) is 52.4 Å². The Morgan fingerprint density at radius 2 is 2.07 bits per heavy atom. The van der Waals surface area contributed by atoms with E-state index < -0.39 is 5.60 Å². The lowest BCUT2D eigenvalue weighted by Crippen LogP contribution is -2.45. The smallest absolute Gasteiger partial charge is 0.0774 e. The molecule has 0 aromatic heterocycles. The minimum Gasteiger partial charge on any atom is -0.389 e. The standard InChI is InChI=1S/C13H25NO/c1-10(2)11-4-3-7-13(15,8-11)9-14-12-5-6-12/h10-12,14-15H,3-9H2,1-2H3. The minimum atomic E-state index is -0.407. The molecule has 0 aromatic carbocycles. The molecule has 0 aliphatic heterocycles. The van der Waals surface area contributed by atoms with Crippen molar-refractivity contribution in [1.82, 2.24) is 5.32 Å². The van der Waals surface area contributed by atoms with E-state index in [9.17, 15) is 5.11 Å². The highest BCUT2D eigenvalue weighted by Gasteiger charge is 2.36. The van der Waals surface area contributed by atoms with Crippen LogP contribution in [0, 0.1) is 11.8 Å². The van der Waals surface area contributed by atoms with E-state index in [2.05, 4.69) is 19.2 Å². The SMILES string of the molecule is CC(C)C1CCCC(O)(CNC2CC2)C1. The summed E-state index contributed by atoms with van der Waals surface area (Å²) in [5, 5.41) is 14.0. The van der Waals surface area contributed by atoms with Crippen LogP contribution in [0.5, 0.6) is 0 Å². The van der Waals surface area contributed by atoms with E-state index in [1.807, 2.05) is 0 Å². The van der Waals surface area contributed by atoms with Crippen molar-refractivity contribution in [3.8, 4) is 0 Å². The first-order chi connectivity index (χ1) is 7.09. The van der Waals surface area contributed by atoms with Crippen molar-refractivity contribution in [3.05, 3.63) is 0 Å². The zero-order valence-corrected chi connectivity index (χ0v) is 10.1. The average molecular weight is 211 g/mol. The molecule has 0 radical (unpaired) electrons. The summed E-state index contributed by atoms with van der Waals surface area (Å²) in [4.78, 5) is 0. The second-order valence-corrected chi connectivity index (χ2v) is 5.98. The molecule has 2 heteroatoms. The molecule has 2 nitrogen and oxygen atoms in total. The summed E-state index contributed by atoms with van der Waals surface area (Å²) in [7, 11) is 0. The maximum absolute atomic E-state index is 10.5. The summed E-state index contributed by atoms with van der Waals surface area (Å²) >= 11 is 0. The fraction of sp³-hybridized carbons (Fsp3) is 1.00. The minimum absolute atomic E-state index is 0.407. The van der Waals surface area contributed by atoms with E-state index in [0.717, 1.165) is 31.2 Å². The van der Waals surface area contributed by atoms with Gasteiger partial charge in [0.15, 0.2) is 0 Å². The van der Waals surface area contributed by atoms with Crippen molar-refractivity contribution in [2.45, 2.75) is 64.0 Å². The van der Waals surface area contributed by atoms with E-state index in [-0.39, 0.29) is 0 Å². The third kappa shape index (κ3) is 3.18. The van der Waals surface area contributed by atoms with Crippen LogP contribution in [0.25, 0.3) is 0 Å². The summed E-state index contributed by atoms with van der Waals surface area (Å²) in [6.07, 6.45) is 7.13. The Hall–Kier alpha value is -0.0800. The highest BCUT2D eigenvalue weighted by atomic mass is 16.3. The zero-order chi connectivity index (χ0) is 10.9. The molecule has 2 fully saturated rings. The number of hydrogen-bond donors (Lipinski definition) is 2. The molecular formula is C13H25NO. The van der Waals surface area contributed by atoms with Crippen molar-refractivity contribution in [2.75, 3.05) is 6.54 Å². The van der Waals surface area contributed by atoms with E-state index >= 15 is 0 Å². The third-order valence-corrected chi connectivity index (χ3v) is 4.10. The molecule has 2 rings (SSSR count). The predicted molar refractivity (Wildman–Crippen MR) is 62.8 cm³/mol. The third-order valence-electron chi connectivity index (χ3n) is 4.10. The molecule has 0 bridgehead atoms. The first-order valence-electron chi connectivity index (χ1n) is 6.55. The van der Waals surface area contributed by atoms with Gasteiger partial charge in [-0.25, -0.2) is 0 Å². The second-order valence-electron chi connectivity index (χ2n) is 5.98. The molecule has 0 aromatic rings. The highest BCUT2D eigenvalue weighted by Crippen LogP contribution is 2.36. The van der Waals surface area contributed by atoms with Gasteiger partial charge in [0, 0.05) is 12.6 Å². The highest BCUT2D eigenvalue weighted by molar-refractivity contribution is 4.92. The lowest BCUT2D eigenvalue weighted by molar-refractivity contribution is -0.0233. The maximum atomic E-state index is 10.5. The summed E-state index contributed by atoms with van der Waals surface area (Å²) < 4.78 is 0. The molecule has 2 atom stereocenters. The van der Waals surface area contributed by atoms with E-state index in [0.29, 0.717) is 6.04 Å². The van der Waals surface area contributed by atoms with E-state index in [1.165, 1.54) is 25.7 Å². The van der Waals surface area contributed by atoms with E-state index in [1.54, 1.807) is 0 Å². The predicted octanol–water partition coefficient (Wildman–Crippen LogP) is 2.32. The Morgan fingerprint density at radius 3 is 2.67 bits per heavy atom. The Kier molecular flexibility index (Phi) is 3.36. The topological polar surface area (TPSA) is 32.3 Å². The number of hydrogen-bond acceptors (Lipinski definition) is 2. The van der Waals surface area contributed by atoms with Gasteiger partial charge in [-0.15, -0.1) is 0 Å². The molecule has 2 aliphatic rings. The van der Waals surface area contributed by atoms with Crippen molar-refractivity contribution >= 4 is 0 Å². The quantitative estimate of drug-likeness (QED) is 0.748. The van der Waals surface area contributed by atoms with Gasteiger partial charge in [0.05, 0.1) is 5.60 Å². The molecule has 15 heavy (non-hydrogen) atoms. The van der Waals surface area contributed by atoms with Crippen molar-refractivity contribution < 1.29 is 5.11 Å². The van der Waals surface area contributed by atoms with E-state index in [4.69, 9.17) is 0 Å². The molecule has 0 spiro atoms. The molecule has 88 valence electrons. The summed E-state index contributed by atoms with van der Waals surface area (Å²) in [6.45, 7) is 5.39. The average Bonchev–Trinajstić information content (AvgIpc) is 2.98. The number of rotatable bonds is 4. The number of nitrogens with one attached hydrogen (secondary N) is 1. The Labute approximate surface area is 93.5 Å². The van der Waals surface area contributed by atoms with Gasteiger partial charge in [-0.3, -0.25) is 0 Å². The van der Waals surface area contributed by atoms with Gasteiger partial charge in [-0.05, 0) is 43.9 Å². The molecule has 0 heterocycles. The molecule has 2 unspecified atom stereocenters. The first-order valence-corrected chi connectivity index (χ1v) is 6.55. The largest absolute Gasteiger partial charge is 0.389 e. The van der Waals surface area contributed by atoms with Gasteiger partial charge in [-0.2, -0.15) is 0 Å². The summed E-state index contributed by atoms with van der Waals surface area (Å²) in [5.41, 5.74) is -0.407. The number of aliphatic hydroxyl groups is 1. The Morgan fingerprint density at radius 1 is 1.33 bits per heavy atom. The van der Waals surface area contributed by atoms with Crippen molar-refractivity contribution in [1.29, 1.82) is 0 Å². The van der Waals surface area contributed by atoms with Gasteiger partial charge < -0.3 is 10.4 Å². The molecule has 0 amide bonds. The summed E-state index contributed by atoms with van der Waals surface area (Å²) in [6, 6.07) is 0.716. The van der Waals surface area contributed by atoms with Crippen molar-refractivity contribution in [2.24, 2.45) is 11.8 Å². The Balaban J connectivity index is 1.82. The van der Waals surface area contributed by atoms with Crippen LogP contribution in [0.3, 0.4) is 0 Å². The molecule has 2 N–H and O–H groups in total. The van der Waals surface area contributed by atoms with Crippen LogP contribution in [0.15, 0.2) is 0 Å². The second kappa shape index (κ2) is 4.42. The molecule has 0 saturated heterocycles. The monoisotopic (exact) mass is 211 g/mol. The molecule has 2 aliphatic carbocycles. The summed E-state index contributed by atoms with van der Waals surface area (Å²) in [5.74, 6) is 1.45. The van der Waals surface area contributed by atoms with Gasteiger partial charge >= 0.3 is 0 Å². The van der Waals surface area contributed by atoms with Crippen LogP contribution in [0.4, 0.5) is 0 Å². The van der Waals surface area contributed by atoms with Gasteiger partial charge in [-0.1, -0.05) is 20.3 Å². The lowest BCUT2D eigenvalue weighted by Gasteiger charge is -2.38. The van der Waals surface area contributed by atoms with Gasteiger partial charge in [0.25, 0.3) is 0 Å².